The zero-order chi connectivity index (χ0) is 16.5. The van der Waals surface area contributed by atoms with E-state index in [-0.39, 0.29) is 34.8 Å². The van der Waals surface area contributed by atoms with E-state index < -0.39 is 4.92 Å². The second-order valence-corrected chi connectivity index (χ2v) is 7.18. The fraction of sp³-hybridized carbons (Fsp3) is 0.733. The van der Waals surface area contributed by atoms with Gasteiger partial charge in [-0.15, -0.1) is 0 Å². The normalized spacial score (nSPS) is 15.0. The van der Waals surface area contributed by atoms with Crippen LogP contribution in [-0.2, 0) is 5.41 Å². The van der Waals surface area contributed by atoms with Gasteiger partial charge < -0.3 is 10.1 Å². The molecule has 1 aliphatic rings. The largest absolute Gasteiger partial charge is 0.472 e. The molecule has 0 unspecified atom stereocenters. The predicted molar refractivity (Wildman–Crippen MR) is 84.4 cm³/mol. The first-order valence-electron chi connectivity index (χ1n) is 7.64. The van der Waals surface area contributed by atoms with Crippen molar-refractivity contribution >= 4 is 11.5 Å². The molecule has 1 aromatic rings. The summed E-state index contributed by atoms with van der Waals surface area (Å²) in [5.41, 5.74) is -0.481. The van der Waals surface area contributed by atoms with E-state index >= 15 is 0 Å². The maximum absolute atomic E-state index is 11.5. The molecule has 122 valence electrons. The maximum Gasteiger partial charge on any atom is 0.372 e. The number of anilines is 1. The molecule has 0 atom stereocenters. The van der Waals surface area contributed by atoms with Crippen LogP contribution in [0.25, 0.3) is 0 Å². The SMILES string of the molecule is CC(C)COc1nc(C(C)(C)C)nc(NC2CC2)c1[N+](=O)[O-]. The highest BCUT2D eigenvalue weighted by molar-refractivity contribution is 5.62. The molecule has 2 rings (SSSR count). The van der Waals surface area contributed by atoms with Crippen molar-refractivity contribution in [1.29, 1.82) is 0 Å². The molecule has 0 spiro atoms. The molecule has 0 bridgehead atoms. The Kier molecular flexibility index (Phi) is 4.53. The van der Waals surface area contributed by atoms with Crippen LogP contribution in [0.1, 0.15) is 53.3 Å². The van der Waals surface area contributed by atoms with Gasteiger partial charge in [0.25, 0.3) is 5.88 Å². The van der Waals surface area contributed by atoms with Crippen molar-refractivity contribution in [3.8, 4) is 5.88 Å². The standard InChI is InChI=1S/C15H24N4O3/c1-9(2)8-22-13-11(19(20)21)12(16-10-6-7-10)17-14(18-13)15(3,4)5/h9-10H,6-8H2,1-5H3,(H,16,17,18). The smallest absolute Gasteiger partial charge is 0.372 e. The van der Waals surface area contributed by atoms with Gasteiger partial charge in [0.15, 0.2) is 0 Å². The molecule has 1 fully saturated rings. The minimum atomic E-state index is -0.465. The molecule has 22 heavy (non-hydrogen) atoms. The number of rotatable bonds is 6. The predicted octanol–water partition coefficient (Wildman–Crippen LogP) is 3.29. The summed E-state index contributed by atoms with van der Waals surface area (Å²) in [4.78, 5) is 19.7. The summed E-state index contributed by atoms with van der Waals surface area (Å²) in [6.07, 6.45) is 2.02. The van der Waals surface area contributed by atoms with Crippen LogP contribution >= 0.6 is 0 Å². The number of nitrogens with zero attached hydrogens (tertiary/aromatic N) is 3. The fourth-order valence-corrected chi connectivity index (χ4v) is 1.80. The summed E-state index contributed by atoms with van der Waals surface area (Å²) in [5.74, 6) is 1.13. The lowest BCUT2D eigenvalue weighted by atomic mass is 9.96. The molecular formula is C15H24N4O3. The van der Waals surface area contributed by atoms with Crippen LogP contribution in [0.3, 0.4) is 0 Å². The molecule has 7 nitrogen and oxygen atoms in total. The first-order valence-corrected chi connectivity index (χ1v) is 7.64. The third kappa shape index (κ3) is 4.05. The average molecular weight is 308 g/mol. The third-order valence-electron chi connectivity index (χ3n) is 3.18. The lowest BCUT2D eigenvalue weighted by Gasteiger charge is -2.19. The molecule has 0 aromatic carbocycles. The molecule has 0 aliphatic heterocycles. The van der Waals surface area contributed by atoms with Gasteiger partial charge in [0.1, 0.15) is 5.82 Å². The molecule has 0 amide bonds. The molecule has 1 aromatic heterocycles. The molecule has 0 saturated heterocycles. The first-order chi connectivity index (χ1) is 10.2. The fourth-order valence-electron chi connectivity index (χ4n) is 1.80. The Morgan fingerprint density at radius 3 is 2.45 bits per heavy atom. The van der Waals surface area contributed by atoms with Gasteiger partial charge in [0.05, 0.1) is 11.5 Å². The van der Waals surface area contributed by atoms with Crippen LogP contribution in [0.5, 0.6) is 5.88 Å². The average Bonchev–Trinajstić information content (AvgIpc) is 3.18. The molecule has 1 heterocycles. The summed E-state index contributed by atoms with van der Waals surface area (Å²) in [6.45, 7) is 10.3. The third-order valence-corrected chi connectivity index (χ3v) is 3.18. The highest BCUT2D eigenvalue weighted by Gasteiger charge is 2.33. The van der Waals surface area contributed by atoms with Crippen molar-refractivity contribution < 1.29 is 9.66 Å². The molecule has 1 aliphatic carbocycles. The molecular weight excluding hydrogens is 284 g/mol. The Balaban J connectivity index is 2.47. The second kappa shape index (κ2) is 6.06. The van der Waals surface area contributed by atoms with E-state index in [0.717, 1.165) is 12.8 Å². The van der Waals surface area contributed by atoms with Crippen molar-refractivity contribution in [2.24, 2.45) is 5.92 Å². The van der Waals surface area contributed by atoms with Crippen molar-refractivity contribution in [2.75, 3.05) is 11.9 Å². The summed E-state index contributed by atoms with van der Waals surface area (Å²) in [6, 6.07) is 0.263. The van der Waals surface area contributed by atoms with E-state index in [1.165, 1.54) is 0 Å². The van der Waals surface area contributed by atoms with Crippen molar-refractivity contribution in [1.82, 2.24) is 9.97 Å². The number of nitro groups is 1. The number of aromatic nitrogens is 2. The van der Waals surface area contributed by atoms with Crippen LogP contribution in [0, 0.1) is 16.0 Å². The summed E-state index contributed by atoms with van der Waals surface area (Å²) < 4.78 is 5.61. The van der Waals surface area contributed by atoms with E-state index in [9.17, 15) is 10.1 Å². The van der Waals surface area contributed by atoms with E-state index in [1.54, 1.807) is 0 Å². The van der Waals surface area contributed by atoms with Gasteiger partial charge in [-0.3, -0.25) is 10.1 Å². The Labute approximate surface area is 130 Å². The van der Waals surface area contributed by atoms with Crippen LogP contribution in [0.15, 0.2) is 0 Å². The quantitative estimate of drug-likeness (QED) is 0.640. The molecule has 1 saturated carbocycles. The molecule has 1 N–H and O–H groups in total. The lowest BCUT2D eigenvalue weighted by molar-refractivity contribution is -0.385. The highest BCUT2D eigenvalue weighted by atomic mass is 16.6. The number of ether oxygens (including phenoxy) is 1. The molecule has 7 heteroatoms. The minimum Gasteiger partial charge on any atom is -0.472 e. The van der Waals surface area contributed by atoms with Gasteiger partial charge in [-0.25, -0.2) is 4.98 Å². The van der Waals surface area contributed by atoms with Crippen LogP contribution in [-0.4, -0.2) is 27.5 Å². The zero-order valence-electron chi connectivity index (χ0n) is 13.8. The van der Waals surface area contributed by atoms with Gasteiger partial charge in [0.2, 0.25) is 5.82 Å². The minimum absolute atomic E-state index is 0.0572. The topological polar surface area (TPSA) is 90.2 Å². The maximum atomic E-state index is 11.5. The number of hydrogen-bond donors (Lipinski definition) is 1. The highest BCUT2D eigenvalue weighted by Crippen LogP contribution is 2.37. The number of nitrogens with one attached hydrogen (secondary N) is 1. The van der Waals surface area contributed by atoms with Gasteiger partial charge in [-0.2, -0.15) is 4.98 Å². The monoisotopic (exact) mass is 308 g/mol. The molecule has 0 radical (unpaired) electrons. The van der Waals surface area contributed by atoms with Crippen LogP contribution < -0.4 is 10.1 Å². The van der Waals surface area contributed by atoms with E-state index in [4.69, 9.17) is 4.74 Å². The number of hydrogen-bond acceptors (Lipinski definition) is 6. The summed E-state index contributed by atoms with van der Waals surface area (Å²) in [7, 11) is 0. The summed E-state index contributed by atoms with van der Waals surface area (Å²) in [5, 5.41) is 14.6. The van der Waals surface area contributed by atoms with E-state index in [1.807, 2.05) is 34.6 Å². The van der Waals surface area contributed by atoms with Gasteiger partial charge in [-0.05, 0) is 18.8 Å². The lowest BCUT2D eigenvalue weighted by Crippen LogP contribution is -2.20. The van der Waals surface area contributed by atoms with Crippen molar-refractivity contribution in [2.45, 2.75) is 58.9 Å². The van der Waals surface area contributed by atoms with Crippen molar-refractivity contribution in [3.05, 3.63) is 15.9 Å². The van der Waals surface area contributed by atoms with E-state index in [2.05, 4.69) is 15.3 Å². The van der Waals surface area contributed by atoms with Gasteiger partial charge in [-0.1, -0.05) is 34.6 Å². The Hall–Kier alpha value is -1.92. The Morgan fingerprint density at radius 1 is 1.36 bits per heavy atom. The first kappa shape index (κ1) is 16.5. The van der Waals surface area contributed by atoms with Crippen LogP contribution in [0.2, 0.25) is 0 Å². The zero-order valence-corrected chi connectivity index (χ0v) is 13.8. The Morgan fingerprint density at radius 2 is 2.00 bits per heavy atom. The summed E-state index contributed by atoms with van der Waals surface area (Å²) >= 11 is 0. The van der Waals surface area contributed by atoms with E-state index in [0.29, 0.717) is 12.4 Å². The Bertz CT molecular complexity index is 563. The second-order valence-electron chi connectivity index (χ2n) is 7.18. The van der Waals surface area contributed by atoms with Crippen LogP contribution in [0.4, 0.5) is 11.5 Å². The van der Waals surface area contributed by atoms with Crippen molar-refractivity contribution in [3.63, 3.8) is 0 Å². The van der Waals surface area contributed by atoms with Gasteiger partial charge >= 0.3 is 5.69 Å². The van der Waals surface area contributed by atoms with Gasteiger partial charge in [0, 0.05) is 11.5 Å².